The first-order chi connectivity index (χ1) is 3.77. The molecule has 5 nitrogen and oxygen atoms in total. The van der Waals surface area contributed by atoms with Gasteiger partial charge in [0.15, 0.2) is 0 Å². The minimum Gasteiger partial charge on any atom is -0.369 e. The number of rotatable bonds is 4. The fourth-order valence-corrected chi connectivity index (χ4v) is 0.239. The van der Waals surface area contributed by atoms with Crippen molar-refractivity contribution in [2.75, 3.05) is 20.5 Å². The summed E-state index contributed by atoms with van der Waals surface area (Å²) in [5, 5.41) is 12.0. The van der Waals surface area contributed by atoms with E-state index in [1.54, 1.807) is 0 Å². The van der Waals surface area contributed by atoms with Crippen molar-refractivity contribution in [3.8, 4) is 0 Å². The summed E-state index contributed by atoms with van der Waals surface area (Å²) in [6, 6.07) is 0. The van der Waals surface area contributed by atoms with Crippen LogP contribution in [0, 0.1) is 10.1 Å². The Hall–Kier alpha value is -0.680. The zero-order chi connectivity index (χ0) is 6.41. The topological polar surface area (TPSA) is 64.4 Å². The van der Waals surface area contributed by atoms with Crippen LogP contribution in [0.4, 0.5) is 0 Å². The normalized spacial score (nSPS) is 9.12. The molecule has 48 valence electrons. The summed E-state index contributed by atoms with van der Waals surface area (Å²) in [6.07, 6.45) is 0. The monoisotopic (exact) mass is 120 g/mol. The molecule has 0 aliphatic carbocycles. The first kappa shape index (κ1) is 7.32. The standard InChI is InChI=1S/C3H8N2O3/c1-8-3-4-2-5(6)7/h4H,2-3H2,1H3. The SMILES string of the molecule is COCNC[N+](=O)[O-]. The van der Waals surface area contributed by atoms with Crippen molar-refractivity contribution in [3.05, 3.63) is 10.1 Å². The van der Waals surface area contributed by atoms with Gasteiger partial charge in [0.1, 0.15) is 6.73 Å². The Morgan fingerprint density at radius 2 is 2.50 bits per heavy atom. The Bertz CT molecular complexity index is 74.9. The number of ether oxygens (including phenoxy) is 1. The van der Waals surface area contributed by atoms with Crippen LogP contribution in [0.25, 0.3) is 0 Å². The van der Waals surface area contributed by atoms with E-state index >= 15 is 0 Å². The molecule has 0 saturated carbocycles. The highest BCUT2D eigenvalue weighted by Crippen LogP contribution is 1.61. The summed E-state index contributed by atoms with van der Waals surface area (Å²) >= 11 is 0. The smallest absolute Gasteiger partial charge is 0.258 e. The Labute approximate surface area is 46.8 Å². The van der Waals surface area contributed by atoms with Gasteiger partial charge < -0.3 is 4.74 Å². The van der Waals surface area contributed by atoms with Gasteiger partial charge >= 0.3 is 0 Å². The largest absolute Gasteiger partial charge is 0.369 e. The van der Waals surface area contributed by atoms with Gasteiger partial charge in [-0.15, -0.1) is 0 Å². The molecule has 0 fully saturated rings. The number of hydrogen-bond acceptors (Lipinski definition) is 4. The van der Waals surface area contributed by atoms with Crippen LogP contribution in [0.3, 0.4) is 0 Å². The fraction of sp³-hybridized carbons (Fsp3) is 1.00. The van der Waals surface area contributed by atoms with Crippen LogP contribution in [-0.2, 0) is 4.74 Å². The molecule has 1 N–H and O–H groups in total. The molecule has 0 rings (SSSR count). The van der Waals surface area contributed by atoms with Crippen molar-refractivity contribution in [1.29, 1.82) is 0 Å². The Balaban J connectivity index is 2.82. The van der Waals surface area contributed by atoms with Gasteiger partial charge in [-0.05, 0) is 0 Å². The van der Waals surface area contributed by atoms with E-state index in [-0.39, 0.29) is 13.4 Å². The van der Waals surface area contributed by atoms with Crippen LogP contribution in [0.15, 0.2) is 0 Å². The Morgan fingerprint density at radius 3 is 2.88 bits per heavy atom. The molecule has 0 radical (unpaired) electrons. The fourth-order valence-electron chi connectivity index (χ4n) is 0.239. The van der Waals surface area contributed by atoms with E-state index in [2.05, 4.69) is 10.1 Å². The maximum absolute atomic E-state index is 9.56. The van der Waals surface area contributed by atoms with Crippen LogP contribution in [-0.4, -0.2) is 25.4 Å². The van der Waals surface area contributed by atoms with Crippen molar-refractivity contribution >= 4 is 0 Å². The van der Waals surface area contributed by atoms with Crippen molar-refractivity contribution in [2.45, 2.75) is 0 Å². The number of methoxy groups -OCH3 is 1. The predicted molar refractivity (Wildman–Crippen MR) is 26.9 cm³/mol. The highest BCUT2D eigenvalue weighted by molar-refractivity contribution is 4.19. The molecule has 0 aromatic rings. The Morgan fingerprint density at radius 1 is 1.88 bits per heavy atom. The zero-order valence-electron chi connectivity index (χ0n) is 4.59. The molecule has 0 heterocycles. The van der Waals surface area contributed by atoms with E-state index in [4.69, 9.17) is 0 Å². The molecule has 0 bridgehead atoms. The summed E-state index contributed by atoms with van der Waals surface area (Å²) < 4.78 is 4.48. The second-order valence-corrected chi connectivity index (χ2v) is 1.17. The predicted octanol–water partition coefficient (Wildman–Crippen LogP) is -0.586. The average Bonchev–Trinajstić information content (AvgIpc) is 1.66. The summed E-state index contributed by atoms with van der Waals surface area (Å²) in [4.78, 5) is 9.10. The van der Waals surface area contributed by atoms with E-state index in [1.807, 2.05) is 0 Å². The second-order valence-electron chi connectivity index (χ2n) is 1.17. The van der Waals surface area contributed by atoms with Crippen LogP contribution in [0.1, 0.15) is 0 Å². The first-order valence-electron chi connectivity index (χ1n) is 2.09. The highest BCUT2D eigenvalue weighted by atomic mass is 16.6. The molecular weight excluding hydrogens is 112 g/mol. The molecule has 0 aromatic carbocycles. The minimum atomic E-state index is -0.459. The molecule has 8 heavy (non-hydrogen) atoms. The summed E-state index contributed by atoms with van der Waals surface area (Å²) in [5.74, 6) is 0. The molecule has 0 spiro atoms. The average molecular weight is 120 g/mol. The highest BCUT2D eigenvalue weighted by Gasteiger charge is 1.89. The molecule has 0 unspecified atom stereocenters. The maximum atomic E-state index is 9.56. The molecule has 0 aliphatic heterocycles. The van der Waals surface area contributed by atoms with Gasteiger partial charge in [-0.3, -0.25) is 10.1 Å². The van der Waals surface area contributed by atoms with Crippen molar-refractivity contribution < 1.29 is 9.66 Å². The maximum Gasteiger partial charge on any atom is 0.258 e. The van der Waals surface area contributed by atoms with Gasteiger partial charge in [0.25, 0.3) is 6.67 Å². The van der Waals surface area contributed by atoms with Crippen LogP contribution < -0.4 is 5.32 Å². The summed E-state index contributed by atoms with van der Waals surface area (Å²) in [7, 11) is 1.47. The number of hydrogen-bond donors (Lipinski definition) is 1. The lowest BCUT2D eigenvalue weighted by Crippen LogP contribution is -2.23. The summed E-state index contributed by atoms with van der Waals surface area (Å²) in [5.41, 5.74) is 0. The molecule has 0 atom stereocenters. The molecule has 0 amide bonds. The molecule has 0 aliphatic rings. The van der Waals surface area contributed by atoms with Gasteiger partial charge in [-0.1, -0.05) is 0 Å². The number of nitrogens with one attached hydrogen (secondary N) is 1. The lowest BCUT2D eigenvalue weighted by Gasteiger charge is -1.94. The van der Waals surface area contributed by atoms with E-state index in [9.17, 15) is 10.1 Å². The lowest BCUT2D eigenvalue weighted by molar-refractivity contribution is -0.486. The van der Waals surface area contributed by atoms with Crippen molar-refractivity contribution in [3.63, 3.8) is 0 Å². The van der Waals surface area contributed by atoms with Gasteiger partial charge in [-0.25, -0.2) is 5.32 Å². The van der Waals surface area contributed by atoms with Crippen molar-refractivity contribution in [1.82, 2.24) is 5.32 Å². The van der Waals surface area contributed by atoms with E-state index in [0.29, 0.717) is 0 Å². The zero-order valence-corrected chi connectivity index (χ0v) is 4.59. The van der Waals surface area contributed by atoms with E-state index in [1.165, 1.54) is 7.11 Å². The second kappa shape index (κ2) is 4.48. The third-order valence-electron chi connectivity index (χ3n) is 0.487. The number of nitrogens with zero attached hydrogens (tertiary/aromatic N) is 1. The lowest BCUT2D eigenvalue weighted by atomic mass is 11.0. The third kappa shape index (κ3) is 5.32. The molecular formula is C3H8N2O3. The first-order valence-corrected chi connectivity index (χ1v) is 2.09. The number of nitro groups is 1. The van der Waals surface area contributed by atoms with Gasteiger partial charge in [0.2, 0.25) is 0 Å². The molecule has 0 saturated heterocycles. The van der Waals surface area contributed by atoms with Crippen LogP contribution >= 0.6 is 0 Å². The molecule has 0 aromatic heterocycles. The minimum absolute atomic E-state index is 0.223. The third-order valence-corrected chi connectivity index (χ3v) is 0.487. The van der Waals surface area contributed by atoms with Gasteiger partial charge in [-0.2, -0.15) is 0 Å². The summed E-state index contributed by atoms with van der Waals surface area (Å²) in [6.45, 7) is -0.0190. The van der Waals surface area contributed by atoms with Crippen molar-refractivity contribution in [2.24, 2.45) is 0 Å². The van der Waals surface area contributed by atoms with Gasteiger partial charge in [0.05, 0.1) is 0 Å². The Kier molecular flexibility index (Phi) is 4.10. The van der Waals surface area contributed by atoms with Gasteiger partial charge in [0, 0.05) is 12.0 Å². The van der Waals surface area contributed by atoms with Crippen LogP contribution in [0.2, 0.25) is 0 Å². The quantitative estimate of drug-likeness (QED) is 0.233. The van der Waals surface area contributed by atoms with Crippen LogP contribution in [0.5, 0.6) is 0 Å². The van der Waals surface area contributed by atoms with E-state index in [0.717, 1.165) is 0 Å². The van der Waals surface area contributed by atoms with E-state index < -0.39 is 4.92 Å². The molecule has 5 heteroatoms.